The molecule has 1 N–H and O–H groups in total. The van der Waals surface area contributed by atoms with Gasteiger partial charge in [0, 0.05) is 37.1 Å². The highest BCUT2D eigenvalue weighted by atomic mass is 19.4. The van der Waals surface area contributed by atoms with E-state index in [-0.39, 0.29) is 17.9 Å². The molecule has 35 heavy (non-hydrogen) atoms. The number of fused-ring (bicyclic) bond motifs is 1. The molecule has 9 heteroatoms. The molecule has 2 aromatic carbocycles. The van der Waals surface area contributed by atoms with Crippen LogP contribution in [0, 0.1) is 0 Å². The lowest BCUT2D eigenvalue weighted by atomic mass is 10.1. The minimum absolute atomic E-state index is 0.0415. The molecule has 1 saturated heterocycles. The van der Waals surface area contributed by atoms with Crippen LogP contribution in [0.25, 0.3) is 16.7 Å². The van der Waals surface area contributed by atoms with E-state index in [9.17, 15) is 18.0 Å². The van der Waals surface area contributed by atoms with Gasteiger partial charge in [-0.1, -0.05) is 36.4 Å². The number of hydrogen-bond donors (Lipinski definition) is 1. The van der Waals surface area contributed by atoms with Crippen LogP contribution in [0.5, 0.6) is 0 Å². The number of morpholine rings is 1. The lowest BCUT2D eigenvalue weighted by Crippen LogP contribution is -2.36. The number of para-hydroxylation sites is 2. The molecule has 5 rings (SSSR count). The molecule has 0 saturated carbocycles. The summed E-state index contributed by atoms with van der Waals surface area (Å²) in [4.78, 5) is 19.7. The highest BCUT2D eigenvalue weighted by molar-refractivity contribution is 5.84. The Morgan fingerprint density at radius 2 is 1.60 bits per heavy atom. The molecule has 3 heterocycles. The van der Waals surface area contributed by atoms with E-state index in [2.05, 4.69) is 10.3 Å². The van der Waals surface area contributed by atoms with Gasteiger partial charge in [-0.2, -0.15) is 13.2 Å². The summed E-state index contributed by atoms with van der Waals surface area (Å²) in [6, 6.07) is 20.3. The number of nitrogens with zero attached hydrogens (tertiary/aromatic N) is 3. The molecule has 0 aliphatic carbocycles. The van der Waals surface area contributed by atoms with E-state index >= 15 is 0 Å². The Kier molecular flexibility index (Phi) is 6.27. The first kappa shape index (κ1) is 23.1. The Bertz CT molecular complexity index is 1380. The van der Waals surface area contributed by atoms with Crippen molar-refractivity contribution in [2.75, 3.05) is 31.6 Å². The number of benzene rings is 2. The summed E-state index contributed by atoms with van der Waals surface area (Å²) in [5.74, 6) is 0.323. The smallest absolute Gasteiger partial charge is 0.379 e. The maximum atomic E-state index is 14.2. The van der Waals surface area contributed by atoms with E-state index < -0.39 is 22.6 Å². The number of rotatable bonds is 5. The Morgan fingerprint density at radius 1 is 0.943 bits per heavy atom. The van der Waals surface area contributed by atoms with Gasteiger partial charge in [-0.15, -0.1) is 0 Å². The van der Waals surface area contributed by atoms with Gasteiger partial charge in [0.25, 0.3) is 0 Å². The molecule has 1 fully saturated rings. The first-order valence-corrected chi connectivity index (χ1v) is 11.2. The molecule has 0 unspecified atom stereocenters. The molecule has 1 aliphatic heterocycles. The molecule has 2 aromatic heterocycles. The molecular formula is C26H23F3N4O2. The predicted molar refractivity (Wildman–Crippen MR) is 128 cm³/mol. The van der Waals surface area contributed by atoms with Gasteiger partial charge in [0.05, 0.1) is 29.9 Å². The minimum Gasteiger partial charge on any atom is -0.379 e. The molecule has 0 radical (unpaired) electrons. The molecule has 180 valence electrons. The number of alkyl halides is 3. The average molecular weight is 480 g/mol. The summed E-state index contributed by atoms with van der Waals surface area (Å²) in [5.41, 5.74) is -0.250. The van der Waals surface area contributed by atoms with E-state index in [1.54, 1.807) is 28.8 Å². The third-order valence-electron chi connectivity index (χ3n) is 5.88. The summed E-state index contributed by atoms with van der Waals surface area (Å²) in [7, 11) is 0. The zero-order chi connectivity index (χ0) is 24.4. The largest absolute Gasteiger partial charge is 0.417 e. The van der Waals surface area contributed by atoms with Crippen molar-refractivity contribution < 1.29 is 17.9 Å². The van der Waals surface area contributed by atoms with E-state index in [0.717, 1.165) is 6.07 Å². The number of ether oxygens (including phenoxy) is 1. The molecule has 0 atom stereocenters. The van der Waals surface area contributed by atoms with Crippen molar-refractivity contribution in [1.29, 1.82) is 0 Å². The number of aromatic nitrogens is 2. The highest BCUT2D eigenvalue weighted by Crippen LogP contribution is 2.35. The van der Waals surface area contributed by atoms with Crippen LogP contribution >= 0.6 is 0 Å². The Hall–Kier alpha value is -3.69. The van der Waals surface area contributed by atoms with Crippen LogP contribution < -0.4 is 10.7 Å². The van der Waals surface area contributed by atoms with Crippen LogP contribution in [0.1, 0.15) is 11.3 Å². The lowest BCUT2D eigenvalue weighted by molar-refractivity contribution is -0.136. The normalized spacial score (nSPS) is 14.8. The Morgan fingerprint density at radius 3 is 2.26 bits per heavy atom. The van der Waals surface area contributed by atoms with E-state index in [0.29, 0.717) is 43.5 Å². The highest BCUT2D eigenvalue weighted by Gasteiger charge is 2.35. The quantitative estimate of drug-likeness (QED) is 0.437. The fourth-order valence-corrected chi connectivity index (χ4v) is 4.26. The van der Waals surface area contributed by atoms with Crippen LogP contribution in [-0.2, 0) is 17.5 Å². The predicted octanol–water partition coefficient (Wildman–Crippen LogP) is 4.98. The van der Waals surface area contributed by atoms with Crippen LogP contribution in [0.2, 0.25) is 0 Å². The van der Waals surface area contributed by atoms with Crippen LogP contribution in [0.4, 0.5) is 24.7 Å². The Labute approximate surface area is 199 Å². The van der Waals surface area contributed by atoms with Gasteiger partial charge in [0.1, 0.15) is 5.82 Å². The van der Waals surface area contributed by atoms with Crippen LogP contribution in [-0.4, -0.2) is 40.8 Å². The van der Waals surface area contributed by atoms with Gasteiger partial charge < -0.3 is 10.1 Å². The van der Waals surface area contributed by atoms with Crippen molar-refractivity contribution in [1.82, 2.24) is 14.5 Å². The SMILES string of the molecule is O=c1cc(Nc2ccccc2)n(-c2ccccc2)c2nc(CN3CCOCC3)cc(C(F)(F)F)c12. The zero-order valence-corrected chi connectivity index (χ0v) is 18.8. The maximum Gasteiger partial charge on any atom is 0.417 e. The molecule has 0 bridgehead atoms. The molecular weight excluding hydrogens is 457 g/mol. The summed E-state index contributed by atoms with van der Waals surface area (Å²) >= 11 is 0. The van der Waals surface area contributed by atoms with Crippen LogP contribution in [0.3, 0.4) is 0 Å². The van der Waals surface area contributed by atoms with Crippen molar-refractivity contribution in [3.8, 4) is 5.69 Å². The third kappa shape index (κ3) is 4.91. The van der Waals surface area contributed by atoms with E-state index in [1.807, 2.05) is 41.3 Å². The number of anilines is 2. The van der Waals surface area contributed by atoms with E-state index in [4.69, 9.17) is 4.74 Å². The third-order valence-corrected chi connectivity index (χ3v) is 5.88. The van der Waals surface area contributed by atoms with Crippen molar-refractivity contribution in [3.05, 3.63) is 94.3 Å². The van der Waals surface area contributed by atoms with Crippen molar-refractivity contribution >= 4 is 22.5 Å². The molecule has 0 amide bonds. The molecule has 4 aromatic rings. The van der Waals surface area contributed by atoms with Gasteiger partial charge in [-0.3, -0.25) is 14.3 Å². The van der Waals surface area contributed by atoms with Gasteiger partial charge in [-0.05, 0) is 30.3 Å². The number of nitrogens with one attached hydrogen (secondary N) is 1. The summed E-state index contributed by atoms with van der Waals surface area (Å²) in [5, 5.41) is 2.72. The monoisotopic (exact) mass is 480 g/mol. The summed E-state index contributed by atoms with van der Waals surface area (Å²) < 4.78 is 49.6. The number of pyridine rings is 2. The van der Waals surface area contributed by atoms with Crippen LogP contribution in [0.15, 0.2) is 77.6 Å². The first-order chi connectivity index (χ1) is 16.9. The molecule has 6 nitrogen and oxygen atoms in total. The summed E-state index contributed by atoms with van der Waals surface area (Å²) in [6.45, 7) is 2.45. The van der Waals surface area contributed by atoms with Gasteiger partial charge in [-0.25, -0.2) is 4.98 Å². The topological polar surface area (TPSA) is 59.4 Å². The minimum atomic E-state index is -4.72. The first-order valence-electron chi connectivity index (χ1n) is 11.2. The Balaban J connectivity index is 1.77. The van der Waals surface area contributed by atoms with Crippen molar-refractivity contribution in [2.24, 2.45) is 0 Å². The number of halogens is 3. The maximum absolute atomic E-state index is 14.2. The number of hydrogen-bond acceptors (Lipinski definition) is 5. The lowest BCUT2D eigenvalue weighted by Gasteiger charge is -2.27. The molecule has 0 spiro atoms. The summed E-state index contributed by atoms with van der Waals surface area (Å²) in [6.07, 6.45) is -4.72. The van der Waals surface area contributed by atoms with Gasteiger partial charge in [0.2, 0.25) is 0 Å². The average Bonchev–Trinajstić information content (AvgIpc) is 2.85. The fourth-order valence-electron chi connectivity index (χ4n) is 4.26. The second kappa shape index (κ2) is 9.52. The van der Waals surface area contributed by atoms with E-state index in [1.165, 1.54) is 6.07 Å². The fraction of sp³-hybridized carbons (Fsp3) is 0.231. The van der Waals surface area contributed by atoms with Gasteiger partial charge >= 0.3 is 6.18 Å². The van der Waals surface area contributed by atoms with Crippen molar-refractivity contribution in [2.45, 2.75) is 12.7 Å². The molecule has 1 aliphatic rings. The second-order valence-corrected chi connectivity index (χ2v) is 8.30. The zero-order valence-electron chi connectivity index (χ0n) is 18.8. The second-order valence-electron chi connectivity index (χ2n) is 8.30. The van der Waals surface area contributed by atoms with Gasteiger partial charge in [0.15, 0.2) is 11.1 Å². The standard InChI is InChI=1S/C26H23F3N4O2/c27-26(28,29)21-15-19(17-32-11-13-35-14-12-32)31-25-24(21)22(34)16-23(30-18-7-3-1-4-8-18)33(25)20-9-5-2-6-10-20/h1-10,15-16,30H,11-14,17H2. The van der Waals surface area contributed by atoms with Crippen molar-refractivity contribution in [3.63, 3.8) is 0 Å².